The van der Waals surface area contributed by atoms with Gasteiger partial charge >= 0.3 is 0 Å². The highest BCUT2D eigenvalue weighted by Gasteiger charge is 2.05. The standard InChI is InChI=1S/C15H17NO3/c1-18-15-8-12(9-16)4-7-14(15)19-10-11-2-5-13(17)6-3-11/h2-8,17H,9-10,16H2,1H3. The van der Waals surface area contributed by atoms with Gasteiger partial charge in [-0.3, -0.25) is 0 Å². The monoisotopic (exact) mass is 259 g/mol. The number of nitrogens with two attached hydrogens (primary N) is 1. The van der Waals surface area contributed by atoms with Crippen molar-refractivity contribution in [1.82, 2.24) is 0 Å². The number of phenols is 1. The molecule has 0 aliphatic heterocycles. The molecule has 4 heteroatoms. The third-order valence-electron chi connectivity index (χ3n) is 2.79. The number of phenolic OH excluding ortho intramolecular Hbond substituents is 1. The summed E-state index contributed by atoms with van der Waals surface area (Å²) >= 11 is 0. The zero-order valence-electron chi connectivity index (χ0n) is 10.8. The molecule has 0 radical (unpaired) electrons. The Morgan fingerprint density at radius 1 is 1.00 bits per heavy atom. The minimum atomic E-state index is 0.244. The highest BCUT2D eigenvalue weighted by molar-refractivity contribution is 5.43. The Balaban J connectivity index is 2.08. The Bertz CT molecular complexity index is 538. The Labute approximate surface area is 112 Å². The first-order valence-corrected chi connectivity index (χ1v) is 6.00. The summed E-state index contributed by atoms with van der Waals surface area (Å²) in [6.07, 6.45) is 0. The smallest absolute Gasteiger partial charge is 0.161 e. The molecule has 2 aromatic rings. The zero-order valence-corrected chi connectivity index (χ0v) is 10.8. The average Bonchev–Trinajstić information content (AvgIpc) is 2.46. The SMILES string of the molecule is COc1cc(CN)ccc1OCc1ccc(O)cc1. The summed E-state index contributed by atoms with van der Waals surface area (Å²) < 4.78 is 11.0. The molecule has 0 aliphatic rings. The molecule has 100 valence electrons. The van der Waals surface area contributed by atoms with Crippen LogP contribution in [0.15, 0.2) is 42.5 Å². The lowest BCUT2D eigenvalue weighted by molar-refractivity contribution is 0.284. The van der Waals surface area contributed by atoms with E-state index in [1.54, 1.807) is 19.2 Å². The van der Waals surface area contributed by atoms with Crippen LogP contribution in [0, 0.1) is 0 Å². The predicted molar refractivity (Wildman–Crippen MR) is 73.3 cm³/mol. The molecule has 4 nitrogen and oxygen atoms in total. The quantitative estimate of drug-likeness (QED) is 0.865. The number of benzene rings is 2. The Morgan fingerprint density at radius 3 is 2.32 bits per heavy atom. The van der Waals surface area contributed by atoms with E-state index in [-0.39, 0.29) is 5.75 Å². The molecule has 0 saturated carbocycles. The third-order valence-corrected chi connectivity index (χ3v) is 2.79. The Hall–Kier alpha value is -2.20. The van der Waals surface area contributed by atoms with Crippen molar-refractivity contribution < 1.29 is 14.6 Å². The van der Waals surface area contributed by atoms with Crippen molar-refractivity contribution in [2.24, 2.45) is 5.73 Å². The van der Waals surface area contributed by atoms with Crippen LogP contribution in [0.2, 0.25) is 0 Å². The Morgan fingerprint density at radius 2 is 1.68 bits per heavy atom. The second kappa shape index (κ2) is 6.11. The number of aromatic hydroxyl groups is 1. The van der Waals surface area contributed by atoms with Gasteiger partial charge in [0.15, 0.2) is 11.5 Å². The fourth-order valence-corrected chi connectivity index (χ4v) is 1.71. The summed E-state index contributed by atoms with van der Waals surface area (Å²) in [6.45, 7) is 0.882. The van der Waals surface area contributed by atoms with Crippen molar-refractivity contribution in [3.8, 4) is 17.2 Å². The fourth-order valence-electron chi connectivity index (χ4n) is 1.71. The van der Waals surface area contributed by atoms with Crippen LogP contribution in [0.1, 0.15) is 11.1 Å². The summed E-state index contributed by atoms with van der Waals surface area (Å²) in [7, 11) is 1.60. The summed E-state index contributed by atoms with van der Waals surface area (Å²) in [5.41, 5.74) is 7.55. The van der Waals surface area contributed by atoms with Gasteiger partial charge in [0.1, 0.15) is 12.4 Å². The van der Waals surface area contributed by atoms with E-state index in [0.717, 1.165) is 11.1 Å². The predicted octanol–water partition coefficient (Wildman–Crippen LogP) is 2.44. The minimum Gasteiger partial charge on any atom is -0.508 e. The maximum atomic E-state index is 9.21. The lowest BCUT2D eigenvalue weighted by Crippen LogP contribution is -2.00. The molecule has 3 N–H and O–H groups in total. The molecule has 2 aromatic carbocycles. The van der Waals surface area contributed by atoms with Gasteiger partial charge in [0.2, 0.25) is 0 Å². The fraction of sp³-hybridized carbons (Fsp3) is 0.200. The molecule has 0 atom stereocenters. The van der Waals surface area contributed by atoms with E-state index < -0.39 is 0 Å². The highest BCUT2D eigenvalue weighted by Crippen LogP contribution is 2.28. The molecule has 0 heterocycles. The summed E-state index contributed by atoms with van der Waals surface area (Å²) in [6, 6.07) is 12.5. The Kier molecular flexibility index (Phi) is 4.26. The molecule has 0 unspecified atom stereocenters. The van der Waals surface area contributed by atoms with Gasteiger partial charge in [0, 0.05) is 6.54 Å². The first-order valence-electron chi connectivity index (χ1n) is 6.00. The van der Waals surface area contributed by atoms with Crippen LogP contribution in [0.25, 0.3) is 0 Å². The van der Waals surface area contributed by atoms with Crippen LogP contribution < -0.4 is 15.2 Å². The van der Waals surface area contributed by atoms with Crippen LogP contribution in [-0.2, 0) is 13.2 Å². The van der Waals surface area contributed by atoms with E-state index in [0.29, 0.717) is 24.7 Å². The maximum Gasteiger partial charge on any atom is 0.161 e. The number of methoxy groups -OCH3 is 1. The molecule has 19 heavy (non-hydrogen) atoms. The first kappa shape index (κ1) is 13.2. The molecular formula is C15H17NO3. The molecular weight excluding hydrogens is 242 g/mol. The zero-order chi connectivity index (χ0) is 13.7. The van der Waals surface area contributed by atoms with Crippen LogP contribution in [0.3, 0.4) is 0 Å². The average molecular weight is 259 g/mol. The van der Waals surface area contributed by atoms with Crippen LogP contribution in [0.5, 0.6) is 17.2 Å². The highest BCUT2D eigenvalue weighted by atomic mass is 16.5. The lowest BCUT2D eigenvalue weighted by Gasteiger charge is -2.12. The number of hydrogen-bond acceptors (Lipinski definition) is 4. The normalized spacial score (nSPS) is 10.2. The van der Waals surface area contributed by atoms with E-state index in [4.69, 9.17) is 15.2 Å². The maximum absolute atomic E-state index is 9.21. The summed E-state index contributed by atoms with van der Waals surface area (Å²) in [5, 5.41) is 9.21. The van der Waals surface area contributed by atoms with E-state index >= 15 is 0 Å². The molecule has 0 spiro atoms. The van der Waals surface area contributed by atoms with Gasteiger partial charge in [0.05, 0.1) is 7.11 Å². The van der Waals surface area contributed by atoms with Gasteiger partial charge < -0.3 is 20.3 Å². The van der Waals surface area contributed by atoms with Gasteiger partial charge in [-0.2, -0.15) is 0 Å². The van der Waals surface area contributed by atoms with Crippen molar-refractivity contribution in [1.29, 1.82) is 0 Å². The van der Waals surface area contributed by atoms with Gasteiger partial charge in [-0.15, -0.1) is 0 Å². The summed E-state index contributed by atoms with van der Waals surface area (Å²) in [4.78, 5) is 0. The molecule has 0 bridgehead atoms. The third kappa shape index (κ3) is 3.39. The second-order valence-corrected chi connectivity index (χ2v) is 4.14. The van der Waals surface area contributed by atoms with E-state index in [2.05, 4.69) is 0 Å². The van der Waals surface area contributed by atoms with E-state index in [9.17, 15) is 5.11 Å². The van der Waals surface area contributed by atoms with Crippen molar-refractivity contribution in [3.05, 3.63) is 53.6 Å². The largest absolute Gasteiger partial charge is 0.508 e. The minimum absolute atomic E-state index is 0.244. The van der Waals surface area contributed by atoms with E-state index in [1.807, 2.05) is 30.3 Å². The molecule has 0 amide bonds. The molecule has 0 aliphatic carbocycles. The van der Waals surface area contributed by atoms with Gasteiger partial charge in [-0.25, -0.2) is 0 Å². The molecule has 0 fully saturated rings. The molecule has 0 saturated heterocycles. The van der Waals surface area contributed by atoms with Gasteiger partial charge in [0.25, 0.3) is 0 Å². The van der Waals surface area contributed by atoms with Crippen molar-refractivity contribution in [3.63, 3.8) is 0 Å². The van der Waals surface area contributed by atoms with Crippen LogP contribution in [0.4, 0.5) is 0 Å². The number of hydrogen-bond donors (Lipinski definition) is 2. The van der Waals surface area contributed by atoms with Crippen molar-refractivity contribution in [2.75, 3.05) is 7.11 Å². The summed E-state index contributed by atoms with van der Waals surface area (Å²) in [5.74, 6) is 1.59. The number of ether oxygens (including phenoxy) is 2. The number of rotatable bonds is 5. The molecule has 0 aromatic heterocycles. The lowest BCUT2D eigenvalue weighted by atomic mass is 10.2. The first-order chi connectivity index (χ1) is 9.22. The topological polar surface area (TPSA) is 64.7 Å². The van der Waals surface area contributed by atoms with Crippen LogP contribution in [-0.4, -0.2) is 12.2 Å². The van der Waals surface area contributed by atoms with Crippen LogP contribution >= 0.6 is 0 Å². The second-order valence-electron chi connectivity index (χ2n) is 4.14. The molecule has 2 rings (SSSR count). The van der Waals surface area contributed by atoms with Gasteiger partial charge in [-0.05, 0) is 35.4 Å². The van der Waals surface area contributed by atoms with Crippen molar-refractivity contribution in [2.45, 2.75) is 13.2 Å². The van der Waals surface area contributed by atoms with Gasteiger partial charge in [-0.1, -0.05) is 18.2 Å². The van der Waals surface area contributed by atoms with Crippen molar-refractivity contribution >= 4 is 0 Å². The van der Waals surface area contributed by atoms with E-state index in [1.165, 1.54) is 0 Å².